The molecule has 1 heterocycles. The van der Waals surface area contributed by atoms with E-state index in [4.69, 9.17) is 16.3 Å². The lowest BCUT2D eigenvalue weighted by Crippen LogP contribution is -2.39. The topological polar surface area (TPSA) is 38.3 Å². The van der Waals surface area contributed by atoms with Gasteiger partial charge in [0.2, 0.25) is 5.91 Å². The zero-order valence-corrected chi connectivity index (χ0v) is 10.2. The Morgan fingerprint density at radius 2 is 2.40 bits per heavy atom. The quantitative estimate of drug-likeness (QED) is 0.737. The van der Waals surface area contributed by atoms with Crippen LogP contribution >= 0.6 is 11.6 Å². The first-order valence-electron chi connectivity index (χ1n) is 5.63. The van der Waals surface area contributed by atoms with Crippen LogP contribution in [0.5, 0.6) is 0 Å². The number of rotatable bonds is 5. The van der Waals surface area contributed by atoms with Gasteiger partial charge in [0.25, 0.3) is 0 Å². The highest BCUT2D eigenvalue weighted by atomic mass is 35.5. The zero-order valence-electron chi connectivity index (χ0n) is 9.46. The molecule has 1 N–H and O–H groups in total. The van der Waals surface area contributed by atoms with Gasteiger partial charge in [-0.05, 0) is 33.1 Å². The monoisotopic (exact) mass is 233 g/mol. The van der Waals surface area contributed by atoms with Crippen molar-refractivity contribution >= 4 is 17.5 Å². The summed E-state index contributed by atoms with van der Waals surface area (Å²) in [5.74, 6) is 0.814. The smallest absolute Gasteiger partial charge is 0.226 e. The Labute approximate surface area is 96.5 Å². The first kappa shape index (κ1) is 12.8. The van der Waals surface area contributed by atoms with Crippen molar-refractivity contribution in [1.29, 1.82) is 0 Å². The van der Waals surface area contributed by atoms with Crippen LogP contribution in [0.3, 0.4) is 0 Å². The molecule has 1 saturated heterocycles. The van der Waals surface area contributed by atoms with Crippen molar-refractivity contribution in [2.45, 2.75) is 45.3 Å². The molecular weight excluding hydrogens is 214 g/mol. The first-order chi connectivity index (χ1) is 7.15. The van der Waals surface area contributed by atoms with E-state index in [2.05, 4.69) is 5.32 Å². The van der Waals surface area contributed by atoms with Crippen LogP contribution in [0.15, 0.2) is 0 Å². The van der Waals surface area contributed by atoms with E-state index in [1.54, 1.807) is 0 Å². The molecule has 3 atom stereocenters. The summed E-state index contributed by atoms with van der Waals surface area (Å²) in [7, 11) is 0. The fourth-order valence-electron chi connectivity index (χ4n) is 1.88. The standard InChI is InChI=1S/C11H20ClNO2/c1-8(4-3-6-12)13-11(14)10-5-7-15-9(10)2/h8-10H,3-7H2,1-2H3,(H,13,14). The van der Waals surface area contributed by atoms with Crippen molar-refractivity contribution in [3.63, 3.8) is 0 Å². The third-order valence-electron chi connectivity index (χ3n) is 2.87. The number of carbonyl (C=O) groups is 1. The summed E-state index contributed by atoms with van der Waals surface area (Å²) >= 11 is 5.60. The van der Waals surface area contributed by atoms with Crippen LogP contribution < -0.4 is 5.32 Å². The third-order valence-corrected chi connectivity index (χ3v) is 3.14. The summed E-state index contributed by atoms with van der Waals surface area (Å²) in [6.45, 7) is 4.68. The number of hydrogen-bond donors (Lipinski definition) is 1. The normalized spacial score (nSPS) is 27.7. The van der Waals surface area contributed by atoms with Crippen LogP contribution in [-0.4, -0.2) is 30.5 Å². The number of amides is 1. The van der Waals surface area contributed by atoms with E-state index < -0.39 is 0 Å². The second kappa shape index (κ2) is 6.33. The first-order valence-corrected chi connectivity index (χ1v) is 6.16. The predicted octanol–water partition coefficient (Wildman–Crippen LogP) is 1.94. The highest BCUT2D eigenvalue weighted by Crippen LogP contribution is 2.20. The molecule has 88 valence electrons. The molecule has 4 heteroatoms. The number of nitrogens with one attached hydrogen (secondary N) is 1. The van der Waals surface area contributed by atoms with Gasteiger partial charge < -0.3 is 10.1 Å². The van der Waals surface area contributed by atoms with Gasteiger partial charge in [-0.3, -0.25) is 4.79 Å². The molecule has 1 amide bonds. The lowest BCUT2D eigenvalue weighted by atomic mass is 10.0. The Morgan fingerprint density at radius 1 is 1.67 bits per heavy atom. The molecule has 0 bridgehead atoms. The zero-order chi connectivity index (χ0) is 11.3. The summed E-state index contributed by atoms with van der Waals surface area (Å²) in [5, 5.41) is 3.01. The Hall–Kier alpha value is -0.280. The maximum Gasteiger partial charge on any atom is 0.226 e. The van der Waals surface area contributed by atoms with Gasteiger partial charge in [-0.1, -0.05) is 0 Å². The molecule has 0 saturated carbocycles. The van der Waals surface area contributed by atoms with Crippen molar-refractivity contribution in [3.8, 4) is 0 Å². The minimum absolute atomic E-state index is 0.0310. The minimum Gasteiger partial charge on any atom is -0.378 e. The highest BCUT2D eigenvalue weighted by Gasteiger charge is 2.30. The van der Waals surface area contributed by atoms with Crippen molar-refractivity contribution in [3.05, 3.63) is 0 Å². The van der Waals surface area contributed by atoms with Crippen LogP contribution in [0.1, 0.15) is 33.1 Å². The third kappa shape index (κ3) is 3.99. The van der Waals surface area contributed by atoms with Crippen LogP contribution in [0, 0.1) is 5.92 Å². The Balaban J connectivity index is 2.28. The number of halogens is 1. The lowest BCUT2D eigenvalue weighted by Gasteiger charge is -2.18. The van der Waals surface area contributed by atoms with Crippen molar-refractivity contribution < 1.29 is 9.53 Å². The molecule has 0 aromatic heterocycles. The lowest BCUT2D eigenvalue weighted by molar-refractivity contribution is -0.127. The molecule has 0 spiro atoms. The summed E-state index contributed by atoms with van der Waals surface area (Å²) < 4.78 is 5.37. The van der Waals surface area contributed by atoms with E-state index in [9.17, 15) is 4.79 Å². The SMILES string of the molecule is CC(CCCCl)NC(=O)C1CCOC1C. The summed E-state index contributed by atoms with van der Waals surface area (Å²) in [6, 6.07) is 0.212. The molecule has 1 aliphatic rings. The molecule has 1 aliphatic heterocycles. The second-order valence-electron chi connectivity index (χ2n) is 4.21. The number of carbonyl (C=O) groups excluding carboxylic acids is 1. The molecule has 1 fully saturated rings. The summed E-state index contributed by atoms with van der Waals surface area (Å²) in [4.78, 5) is 11.8. The van der Waals surface area contributed by atoms with E-state index in [-0.39, 0.29) is 24.0 Å². The van der Waals surface area contributed by atoms with Gasteiger partial charge in [0.05, 0.1) is 12.0 Å². The fraction of sp³-hybridized carbons (Fsp3) is 0.909. The fourth-order valence-corrected chi connectivity index (χ4v) is 2.04. The number of hydrogen-bond acceptors (Lipinski definition) is 2. The molecule has 15 heavy (non-hydrogen) atoms. The van der Waals surface area contributed by atoms with Crippen molar-refractivity contribution in [2.24, 2.45) is 5.92 Å². The average Bonchev–Trinajstić information content (AvgIpc) is 2.61. The Bertz CT molecular complexity index is 211. The molecule has 0 aromatic rings. The maximum absolute atomic E-state index is 11.8. The maximum atomic E-state index is 11.8. The van der Waals surface area contributed by atoms with Gasteiger partial charge in [-0.25, -0.2) is 0 Å². The van der Waals surface area contributed by atoms with E-state index in [1.165, 1.54) is 0 Å². The molecule has 0 radical (unpaired) electrons. The van der Waals surface area contributed by atoms with E-state index in [0.717, 1.165) is 19.3 Å². The van der Waals surface area contributed by atoms with Crippen LogP contribution in [0.2, 0.25) is 0 Å². The van der Waals surface area contributed by atoms with Gasteiger partial charge in [0, 0.05) is 18.5 Å². The summed E-state index contributed by atoms with van der Waals surface area (Å²) in [6.07, 6.45) is 2.79. The Kier molecular flexibility index (Phi) is 5.40. The van der Waals surface area contributed by atoms with E-state index >= 15 is 0 Å². The highest BCUT2D eigenvalue weighted by molar-refractivity contribution is 6.17. The van der Waals surface area contributed by atoms with Gasteiger partial charge in [-0.2, -0.15) is 0 Å². The van der Waals surface area contributed by atoms with Crippen molar-refractivity contribution in [1.82, 2.24) is 5.32 Å². The van der Waals surface area contributed by atoms with Gasteiger partial charge in [0.15, 0.2) is 0 Å². The minimum atomic E-state index is 0.0310. The van der Waals surface area contributed by atoms with Crippen LogP contribution in [-0.2, 0) is 9.53 Å². The molecule has 3 nitrogen and oxygen atoms in total. The van der Waals surface area contributed by atoms with Gasteiger partial charge in [-0.15, -0.1) is 11.6 Å². The van der Waals surface area contributed by atoms with Crippen LogP contribution in [0.4, 0.5) is 0 Å². The van der Waals surface area contributed by atoms with Crippen molar-refractivity contribution in [2.75, 3.05) is 12.5 Å². The number of alkyl halides is 1. The molecule has 1 rings (SSSR count). The van der Waals surface area contributed by atoms with Gasteiger partial charge >= 0.3 is 0 Å². The average molecular weight is 234 g/mol. The predicted molar refractivity (Wildman–Crippen MR) is 61.1 cm³/mol. The Morgan fingerprint density at radius 3 is 2.93 bits per heavy atom. The second-order valence-corrected chi connectivity index (χ2v) is 4.59. The van der Waals surface area contributed by atoms with E-state index in [0.29, 0.717) is 12.5 Å². The molecular formula is C11H20ClNO2. The van der Waals surface area contributed by atoms with Gasteiger partial charge in [0.1, 0.15) is 0 Å². The molecule has 0 aliphatic carbocycles. The molecule has 3 unspecified atom stereocenters. The van der Waals surface area contributed by atoms with Crippen LogP contribution in [0.25, 0.3) is 0 Å². The summed E-state index contributed by atoms with van der Waals surface area (Å²) in [5.41, 5.74) is 0. The number of ether oxygens (including phenoxy) is 1. The van der Waals surface area contributed by atoms with E-state index in [1.807, 2.05) is 13.8 Å². The molecule has 0 aromatic carbocycles. The largest absolute Gasteiger partial charge is 0.378 e.